The van der Waals surface area contributed by atoms with Crippen molar-refractivity contribution in [3.63, 3.8) is 0 Å². The average molecular weight is 608 g/mol. The van der Waals surface area contributed by atoms with Gasteiger partial charge >= 0.3 is 0 Å². The molecule has 1 aromatic carbocycles. The number of amides is 1. The van der Waals surface area contributed by atoms with Crippen molar-refractivity contribution in [3.05, 3.63) is 64.8 Å². The van der Waals surface area contributed by atoms with E-state index in [0.29, 0.717) is 6.54 Å². The third-order valence-electron chi connectivity index (χ3n) is 8.47. The van der Waals surface area contributed by atoms with Crippen molar-refractivity contribution in [1.29, 1.82) is 0 Å². The first-order valence-corrected chi connectivity index (χ1v) is 16.4. The first kappa shape index (κ1) is 35.3. The maximum atomic E-state index is 13.7. The highest BCUT2D eigenvalue weighted by atomic mass is 19.1. The molecule has 2 fully saturated rings. The number of rotatable bonds is 8. The standard InChI is InChI=1S/C23H26FN3O2.C10H20N2.C3H8/c1-4-21-19(13-16(2)17-8-11-27(15-28)12-9-17)22(7-10-25-21)26-18-5-6-20(24)23(14-18)29-3;1-11-6-8-12(9-7-11)10-4-2-3-5-10;1-3-2/h5-8,10,13-15H,4,9,11-12H2,1-3H3,(H,25,26);10H,2-9H2,1H3;3H2,1-2H3/b16-13+;;. The van der Waals surface area contributed by atoms with Gasteiger partial charge in [-0.25, -0.2) is 4.39 Å². The third-order valence-corrected chi connectivity index (χ3v) is 8.47. The number of likely N-dealkylation sites (N-methyl/N-ethyl adjacent to an activating group) is 1. The summed E-state index contributed by atoms with van der Waals surface area (Å²) in [6.07, 6.45) is 15.6. The first-order valence-electron chi connectivity index (χ1n) is 16.4. The zero-order chi connectivity index (χ0) is 31.9. The van der Waals surface area contributed by atoms with Gasteiger partial charge in [0.1, 0.15) is 0 Å². The zero-order valence-corrected chi connectivity index (χ0v) is 27.9. The minimum atomic E-state index is -0.397. The Morgan fingerprint density at radius 3 is 2.39 bits per heavy atom. The molecule has 1 saturated heterocycles. The number of hydrogen-bond acceptors (Lipinski definition) is 6. The van der Waals surface area contributed by atoms with Crippen LogP contribution in [-0.4, -0.2) is 85.6 Å². The summed E-state index contributed by atoms with van der Waals surface area (Å²) in [6, 6.07) is 7.56. The van der Waals surface area contributed by atoms with E-state index in [1.165, 1.54) is 77.0 Å². The number of piperazine rings is 1. The zero-order valence-electron chi connectivity index (χ0n) is 27.9. The summed E-state index contributed by atoms with van der Waals surface area (Å²) in [4.78, 5) is 22.4. The van der Waals surface area contributed by atoms with Gasteiger partial charge in [0, 0.05) is 80.2 Å². The van der Waals surface area contributed by atoms with Crippen LogP contribution in [0.1, 0.15) is 77.5 Å². The van der Waals surface area contributed by atoms with E-state index < -0.39 is 5.82 Å². The van der Waals surface area contributed by atoms with Crippen LogP contribution in [0.3, 0.4) is 0 Å². The summed E-state index contributed by atoms with van der Waals surface area (Å²) in [5.41, 5.74) is 6.02. The van der Waals surface area contributed by atoms with E-state index in [9.17, 15) is 9.18 Å². The lowest BCUT2D eigenvalue weighted by atomic mass is 9.97. The fraction of sp³-hybridized carbons (Fsp3) is 0.556. The predicted octanol–water partition coefficient (Wildman–Crippen LogP) is 7.32. The number of halogens is 1. The largest absolute Gasteiger partial charge is 0.494 e. The van der Waals surface area contributed by atoms with Gasteiger partial charge in [-0.2, -0.15) is 0 Å². The Morgan fingerprint density at radius 2 is 1.80 bits per heavy atom. The lowest BCUT2D eigenvalue weighted by molar-refractivity contribution is -0.117. The highest BCUT2D eigenvalue weighted by molar-refractivity contribution is 5.75. The van der Waals surface area contributed by atoms with Crippen LogP contribution in [0.2, 0.25) is 0 Å². The minimum absolute atomic E-state index is 0.195. The van der Waals surface area contributed by atoms with Crippen molar-refractivity contribution < 1.29 is 13.9 Å². The van der Waals surface area contributed by atoms with Gasteiger partial charge in [0.25, 0.3) is 0 Å². The summed E-state index contributed by atoms with van der Waals surface area (Å²) in [5, 5.41) is 3.37. The number of benzene rings is 1. The van der Waals surface area contributed by atoms with Crippen molar-refractivity contribution in [2.45, 2.75) is 78.7 Å². The Hall–Kier alpha value is -3.23. The molecule has 0 atom stereocenters. The summed E-state index contributed by atoms with van der Waals surface area (Å²) in [7, 11) is 3.68. The molecule has 2 aromatic rings. The summed E-state index contributed by atoms with van der Waals surface area (Å²) in [6.45, 7) is 14.9. The van der Waals surface area contributed by atoms with Gasteiger partial charge in [0.2, 0.25) is 6.41 Å². The monoisotopic (exact) mass is 607 g/mol. The second-order valence-corrected chi connectivity index (χ2v) is 11.9. The molecule has 8 heteroatoms. The van der Waals surface area contributed by atoms with Crippen molar-refractivity contribution >= 4 is 23.9 Å². The summed E-state index contributed by atoms with van der Waals surface area (Å²) >= 11 is 0. The molecule has 3 aliphatic rings. The second kappa shape index (κ2) is 18.5. The smallest absolute Gasteiger partial charge is 0.209 e. The fourth-order valence-electron chi connectivity index (χ4n) is 5.87. The molecule has 0 spiro atoms. The van der Waals surface area contributed by atoms with Gasteiger partial charge in [0.05, 0.1) is 7.11 Å². The highest BCUT2D eigenvalue weighted by Gasteiger charge is 2.24. The van der Waals surface area contributed by atoms with E-state index in [-0.39, 0.29) is 5.75 Å². The number of nitrogens with one attached hydrogen (secondary N) is 1. The molecule has 242 valence electrons. The molecule has 5 rings (SSSR count). The molecule has 7 nitrogen and oxygen atoms in total. The van der Waals surface area contributed by atoms with Crippen LogP contribution < -0.4 is 10.1 Å². The number of carbonyl (C=O) groups excluding carboxylic acids is 1. The molecule has 0 radical (unpaired) electrons. The summed E-state index contributed by atoms with van der Waals surface area (Å²) in [5.74, 6) is -0.202. The van der Waals surface area contributed by atoms with Gasteiger partial charge in [-0.05, 0) is 75.1 Å². The molecule has 0 bridgehead atoms. The number of aryl methyl sites for hydroxylation is 1. The Balaban J connectivity index is 0.000000290. The molecule has 1 N–H and O–H groups in total. The van der Waals surface area contributed by atoms with Crippen molar-refractivity contribution in [2.24, 2.45) is 0 Å². The van der Waals surface area contributed by atoms with Crippen LogP contribution in [0.5, 0.6) is 5.75 Å². The van der Waals surface area contributed by atoms with Gasteiger partial charge in [-0.3, -0.25) is 14.7 Å². The summed E-state index contributed by atoms with van der Waals surface area (Å²) < 4.78 is 18.8. The normalized spacial score (nSPS) is 18.0. The third kappa shape index (κ3) is 10.4. The van der Waals surface area contributed by atoms with E-state index in [4.69, 9.17) is 4.74 Å². The number of hydrogen-bond donors (Lipinski definition) is 1. The topological polar surface area (TPSA) is 60.9 Å². The van der Waals surface area contributed by atoms with E-state index in [1.807, 2.05) is 6.07 Å². The molecule has 3 heterocycles. The minimum Gasteiger partial charge on any atom is -0.494 e. The average Bonchev–Trinajstić information content (AvgIpc) is 3.59. The number of aromatic nitrogens is 1. The Labute approximate surface area is 265 Å². The van der Waals surface area contributed by atoms with Crippen LogP contribution in [0.15, 0.2) is 47.7 Å². The number of allylic oxidation sites excluding steroid dienone is 1. The Bertz CT molecular complexity index is 1230. The number of anilines is 2. The number of nitrogens with zero attached hydrogens (tertiary/aromatic N) is 4. The molecular formula is C36H54FN5O2. The van der Waals surface area contributed by atoms with Crippen LogP contribution >= 0.6 is 0 Å². The maximum absolute atomic E-state index is 13.7. The lowest BCUT2D eigenvalue weighted by Gasteiger charge is -2.36. The number of carbonyl (C=O) groups is 1. The molecule has 1 saturated carbocycles. The predicted molar refractivity (Wildman–Crippen MR) is 181 cm³/mol. The quantitative estimate of drug-likeness (QED) is 0.318. The van der Waals surface area contributed by atoms with E-state index >= 15 is 0 Å². The van der Waals surface area contributed by atoms with E-state index in [2.05, 4.69) is 67.0 Å². The number of ether oxygens (including phenoxy) is 1. The highest BCUT2D eigenvalue weighted by Crippen LogP contribution is 2.30. The van der Waals surface area contributed by atoms with Crippen LogP contribution in [0.4, 0.5) is 15.8 Å². The van der Waals surface area contributed by atoms with Gasteiger partial charge in [0.15, 0.2) is 11.6 Å². The molecule has 1 amide bonds. The van der Waals surface area contributed by atoms with E-state index in [1.54, 1.807) is 23.2 Å². The lowest BCUT2D eigenvalue weighted by Crippen LogP contribution is -2.48. The molecule has 2 aliphatic heterocycles. The number of pyridine rings is 1. The maximum Gasteiger partial charge on any atom is 0.209 e. The first-order chi connectivity index (χ1) is 21.3. The SMILES string of the molecule is CCC.CCc1nccc(Nc2ccc(F)c(OC)c2)c1/C=C(\C)C1=CCN(C=O)CC1.CN1CCN(C2CCCC2)CC1. The molecule has 1 aliphatic carbocycles. The van der Waals surface area contributed by atoms with Gasteiger partial charge in [-0.15, -0.1) is 0 Å². The van der Waals surface area contributed by atoms with Crippen LogP contribution in [-0.2, 0) is 11.2 Å². The molecular weight excluding hydrogens is 553 g/mol. The van der Waals surface area contributed by atoms with Crippen LogP contribution in [0.25, 0.3) is 6.08 Å². The second-order valence-electron chi connectivity index (χ2n) is 11.9. The van der Waals surface area contributed by atoms with Crippen molar-refractivity contribution in [1.82, 2.24) is 19.7 Å². The Kier molecular flexibility index (Phi) is 14.9. The molecule has 1 aromatic heterocycles. The van der Waals surface area contributed by atoms with Crippen LogP contribution in [0, 0.1) is 5.82 Å². The molecule has 0 unspecified atom stereocenters. The van der Waals surface area contributed by atoms with Gasteiger partial charge in [-0.1, -0.05) is 46.1 Å². The molecule has 44 heavy (non-hydrogen) atoms. The van der Waals surface area contributed by atoms with E-state index in [0.717, 1.165) is 60.0 Å². The fourth-order valence-corrected chi connectivity index (χ4v) is 5.87. The van der Waals surface area contributed by atoms with Crippen molar-refractivity contribution in [3.8, 4) is 5.75 Å². The van der Waals surface area contributed by atoms with Crippen molar-refractivity contribution in [2.75, 3.05) is 58.7 Å². The number of methoxy groups -OCH3 is 1. The van der Waals surface area contributed by atoms with Gasteiger partial charge < -0.3 is 19.9 Å². The Morgan fingerprint density at radius 1 is 1.09 bits per heavy atom.